The maximum Gasteiger partial charge on any atom is 0.0301 e. The summed E-state index contributed by atoms with van der Waals surface area (Å²) < 4.78 is 0. The third kappa shape index (κ3) is 6.67. The van der Waals surface area contributed by atoms with E-state index in [-0.39, 0.29) is 0 Å². The predicted molar refractivity (Wildman–Crippen MR) is 88.6 cm³/mol. The van der Waals surface area contributed by atoms with E-state index < -0.39 is 0 Å². The van der Waals surface area contributed by atoms with Crippen LogP contribution in [-0.4, -0.2) is 12.4 Å². The summed E-state index contributed by atoms with van der Waals surface area (Å²) in [5.41, 5.74) is 0. The van der Waals surface area contributed by atoms with Crippen molar-refractivity contribution in [2.24, 2.45) is 22.0 Å². The van der Waals surface area contributed by atoms with E-state index in [1.807, 2.05) is 0 Å². The van der Waals surface area contributed by atoms with Gasteiger partial charge < -0.3 is 0 Å². The largest absolute Gasteiger partial charge is 0.164 e. The van der Waals surface area contributed by atoms with E-state index in [9.17, 15) is 0 Å². The molecule has 0 aromatic rings. The fourth-order valence-corrected chi connectivity index (χ4v) is 3.54. The highest BCUT2D eigenvalue weighted by atomic mass is 15.2. The Balaban J connectivity index is 1.70. The minimum atomic E-state index is 0.685. The molecule has 2 saturated carbocycles. The van der Waals surface area contributed by atoms with Crippen LogP contribution in [0.5, 0.6) is 0 Å². The van der Waals surface area contributed by atoms with Crippen molar-refractivity contribution < 1.29 is 0 Å². The molecule has 0 heterocycles. The van der Waals surface area contributed by atoms with Gasteiger partial charge in [-0.05, 0) is 37.5 Å². The summed E-state index contributed by atoms with van der Waals surface area (Å²) in [5, 5.41) is 8.72. The zero-order valence-corrected chi connectivity index (χ0v) is 13.1. The minimum Gasteiger partial charge on any atom is -0.164 e. The summed E-state index contributed by atoms with van der Waals surface area (Å²) in [7, 11) is 0. The van der Waals surface area contributed by atoms with Gasteiger partial charge in [0.05, 0.1) is 0 Å². The molecule has 0 aromatic heterocycles. The van der Waals surface area contributed by atoms with Crippen LogP contribution in [-0.2, 0) is 0 Å². The lowest BCUT2D eigenvalue weighted by molar-refractivity contribution is 0.455. The molecule has 0 spiro atoms. The molecule has 0 radical (unpaired) electrons. The molecule has 2 aliphatic carbocycles. The second kappa shape index (κ2) is 10.1. The molecule has 0 aliphatic heterocycles. The summed E-state index contributed by atoms with van der Waals surface area (Å²) in [6, 6.07) is 0. The van der Waals surface area contributed by atoms with Crippen LogP contribution in [0.1, 0.15) is 89.9 Å². The van der Waals surface area contributed by atoms with Gasteiger partial charge in [0.1, 0.15) is 0 Å². The van der Waals surface area contributed by atoms with E-state index in [2.05, 4.69) is 22.6 Å². The molecule has 20 heavy (non-hydrogen) atoms. The zero-order valence-electron chi connectivity index (χ0n) is 13.1. The molecule has 0 N–H and O–H groups in total. The van der Waals surface area contributed by atoms with Crippen LogP contribution in [0.15, 0.2) is 10.2 Å². The second-order valence-corrected chi connectivity index (χ2v) is 6.74. The quantitative estimate of drug-likeness (QED) is 0.462. The molecule has 0 bridgehead atoms. The fourth-order valence-electron chi connectivity index (χ4n) is 3.54. The summed E-state index contributed by atoms with van der Waals surface area (Å²) >= 11 is 0. The van der Waals surface area contributed by atoms with Gasteiger partial charge in [-0.3, -0.25) is 0 Å². The molecule has 114 valence electrons. The highest BCUT2D eigenvalue weighted by Crippen LogP contribution is 2.22. The summed E-state index contributed by atoms with van der Waals surface area (Å²) in [5.74, 6) is 1.37. The standard InChI is InChI=1S/C18H32N2/c1-3-7-11-17(12-8-4-1)15-19-20-16-18-13-9-5-2-6-10-14-18/h15-18H,1-14H2. The van der Waals surface area contributed by atoms with Gasteiger partial charge in [-0.25, -0.2) is 0 Å². The Morgan fingerprint density at radius 2 is 0.750 bits per heavy atom. The van der Waals surface area contributed by atoms with Gasteiger partial charge in [-0.15, -0.1) is 0 Å². The molecule has 2 fully saturated rings. The van der Waals surface area contributed by atoms with Crippen LogP contribution < -0.4 is 0 Å². The third-order valence-corrected chi connectivity index (χ3v) is 4.92. The first-order valence-electron chi connectivity index (χ1n) is 9.02. The highest BCUT2D eigenvalue weighted by molar-refractivity contribution is 5.64. The number of rotatable bonds is 3. The van der Waals surface area contributed by atoms with Gasteiger partial charge in [-0.2, -0.15) is 10.2 Å². The number of hydrogen-bond acceptors (Lipinski definition) is 2. The first-order chi connectivity index (χ1) is 9.95. The first kappa shape index (κ1) is 15.7. The zero-order chi connectivity index (χ0) is 13.9. The van der Waals surface area contributed by atoms with E-state index in [1.54, 1.807) is 0 Å². The van der Waals surface area contributed by atoms with Crippen molar-refractivity contribution in [2.45, 2.75) is 89.9 Å². The van der Waals surface area contributed by atoms with E-state index in [0.717, 1.165) is 0 Å². The molecule has 2 nitrogen and oxygen atoms in total. The maximum absolute atomic E-state index is 4.36. The van der Waals surface area contributed by atoms with E-state index >= 15 is 0 Å². The Bertz CT molecular complexity index is 250. The van der Waals surface area contributed by atoms with E-state index in [0.29, 0.717) is 11.8 Å². The van der Waals surface area contributed by atoms with Crippen LogP contribution >= 0.6 is 0 Å². The molecule has 2 rings (SSSR count). The monoisotopic (exact) mass is 276 g/mol. The van der Waals surface area contributed by atoms with E-state index in [4.69, 9.17) is 0 Å². The summed E-state index contributed by atoms with van der Waals surface area (Å²) in [4.78, 5) is 0. The van der Waals surface area contributed by atoms with Crippen molar-refractivity contribution in [3.63, 3.8) is 0 Å². The number of nitrogens with zero attached hydrogens (tertiary/aromatic N) is 2. The van der Waals surface area contributed by atoms with Crippen molar-refractivity contribution in [1.29, 1.82) is 0 Å². The fraction of sp³-hybridized carbons (Fsp3) is 0.889. The van der Waals surface area contributed by atoms with Gasteiger partial charge in [0.15, 0.2) is 0 Å². The lowest BCUT2D eigenvalue weighted by atomic mass is 9.92. The molecule has 2 aliphatic rings. The molecule has 2 heteroatoms. The topological polar surface area (TPSA) is 24.7 Å². The Kier molecular flexibility index (Phi) is 7.96. The molecular weight excluding hydrogens is 244 g/mol. The smallest absolute Gasteiger partial charge is 0.0301 e. The molecular formula is C18H32N2. The SMILES string of the molecule is C(=NN=CC1CCCCCCC1)C1CCCCCCC1. The normalized spacial score (nSPS) is 25.4. The molecule has 0 saturated heterocycles. The lowest BCUT2D eigenvalue weighted by Gasteiger charge is -2.15. The van der Waals surface area contributed by atoms with Gasteiger partial charge in [0, 0.05) is 12.4 Å². The lowest BCUT2D eigenvalue weighted by Crippen LogP contribution is -2.06. The van der Waals surface area contributed by atoms with Gasteiger partial charge in [0.2, 0.25) is 0 Å². The molecule has 0 atom stereocenters. The van der Waals surface area contributed by atoms with Crippen LogP contribution in [0.3, 0.4) is 0 Å². The Morgan fingerprint density at radius 3 is 1.10 bits per heavy atom. The van der Waals surface area contributed by atoms with Crippen LogP contribution in [0.4, 0.5) is 0 Å². The maximum atomic E-state index is 4.36. The minimum absolute atomic E-state index is 0.685. The predicted octanol–water partition coefficient (Wildman–Crippen LogP) is 5.76. The van der Waals surface area contributed by atoms with Crippen LogP contribution in [0.25, 0.3) is 0 Å². The molecule has 0 amide bonds. The Morgan fingerprint density at radius 1 is 0.450 bits per heavy atom. The Hall–Kier alpha value is -0.660. The summed E-state index contributed by atoms with van der Waals surface area (Å²) in [6.45, 7) is 0. The number of hydrogen-bond donors (Lipinski definition) is 0. The van der Waals surface area contributed by atoms with Gasteiger partial charge in [-0.1, -0.05) is 64.2 Å². The van der Waals surface area contributed by atoms with Crippen molar-refractivity contribution in [3.05, 3.63) is 0 Å². The van der Waals surface area contributed by atoms with E-state index in [1.165, 1.54) is 89.9 Å². The van der Waals surface area contributed by atoms with Gasteiger partial charge >= 0.3 is 0 Å². The van der Waals surface area contributed by atoms with Crippen LogP contribution in [0.2, 0.25) is 0 Å². The average Bonchev–Trinajstić information content (AvgIpc) is 2.38. The van der Waals surface area contributed by atoms with Crippen molar-refractivity contribution in [3.8, 4) is 0 Å². The Labute approximate surface area is 125 Å². The van der Waals surface area contributed by atoms with Crippen LogP contribution in [0, 0.1) is 11.8 Å². The first-order valence-corrected chi connectivity index (χ1v) is 9.02. The van der Waals surface area contributed by atoms with Crippen molar-refractivity contribution >= 4 is 12.4 Å². The van der Waals surface area contributed by atoms with Gasteiger partial charge in [0.25, 0.3) is 0 Å². The molecule has 0 aromatic carbocycles. The highest BCUT2D eigenvalue weighted by Gasteiger charge is 2.10. The molecule has 0 unspecified atom stereocenters. The van der Waals surface area contributed by atoms with Crippen molar-refractivity contribution in [1.82, 2.24) is 0 Å². The summed E-state index contributed by atoms with van der Waals surface area (Å²) in [6.07, 6.45) is 23.6. The van der Waals surface area contributed by atoms with Crippen molar-refractivity contribution in [2.75, 3.05) is 0 Å². The second-order valence-electron chi connectivity index (χ2n) is 6.74. The third-order valence-electron chi connectivity index (χ3n) is 4.92. The average molecular weight is 276 g/mol.